The first-order valence-corrected chi connectivity index (χ1v) is 7.22. The van der Waals surface area contributed by atoms with E-state index in [-0.39, 0.29) is 17.1 Å². The fourth-order valence-corrected chi connectivity index (χ4v) is 3.50. The highest BCUT2D eigenvalue weighted by atomic mass is 19.3. The molecule has 0 fully saturated rings. The van der Waals surface area contributed by atoms with Crippen molar-refractivity contribution in [2.75, 3.05) is 0 Å². The van der Waals surface area contributed by atoms with Crippen LogP contribution in [0.4, 0.5) is 22.0 Å². The van der Waals surface area contributed by atoms with E-state index in [9.17, 15) is 32.2 Å². The number of pyridine rings is 1. The molecule has 2 aliphatic rings. The van der Waals surface area contributed by atoms with Crippen molar-refractivity contribution < 1.29 is 36.9 Å². The summed E-state index contributed by atoms with van der Waals surface area (Å²) < 4.78 is 75.0. The van der Waals surface area contributed by atoms with Gasteiger partial charge in [-0.3, -0.25) is 4.98 Å². The van der Waals surface area contributed by atoms with Crippen molar-refractivity contribution in [3.05, 3.63) is 53.1 Å². The first-order valence-electron chi connectivity index (χ1n) is 7.22. The molecule has 1 aromatic heterocycles. The number of ether oxygens (including phenoxy) is 1. The number of aliphatic hydroxyl groups is 2. The second-order valence-electron chi connectivity index (χ2n) is 6.07. The molecule has 0 saturated carbocycles. The van der Waals surface area contributed by atoms with E-state index in [1.807, 2.05) is 0 Å². The zero-order valence-electron chi connectivity index (χ0n) is 12.3. The molecule has 4 nitrogen and oxygen atoms in total. The molecule has 2 N–H and O–H groups in total. The average molecular weight is 359 g/mol. The molecule has 9 heteroatoms. The van der Waals surface area contributed by atoms with Crippen LogP contribution in [0.1, 0.15) is 29.2 Å². The van der Waals surface area contributed by atoms with Gasteiger partial charge in [0.2, 0.25) is 0 Å². The van der Waals surface area contributed by atoms with Crippen LogP contribution in [0.5, 0.6) is 11.5 Å². The van der Waals surface area contributed by atoms with Gasteiger partial charge in [0.25, 0.3) is 0 Å². The number of nitrogens with zero attached hydrogens (tertiary/aromatic N) is 1. The molecule has 4 rings (SSSR count). The molecule has 25 heavy (non-hydrogen) atoms. The summed E-state index contributed by atoms with van der Waals surface area (Å²) in [5.74, 6) is -10.5. The van der Waals surface area contributed by atoms with E-state index < -0.39 is 46.9 Å². The van der Waals surface area contributed by atoms with Crippen LogP contribution >= 0.6 is 0 Å². The highest BCUT2D eigenvalue weighted by Crippen LogP contribution is 2.68. The summed E-state index contributed by atoms with van der Waals surface area (Å²) in [5.41, 5.74) is -5.37. The number of aliphatic hydroxyl groups excluding tert-OH is 1. The normalized spacial score (nSPS) is 28.0. The molecule has 0 aliphatic heterocycles. The predicted octanol–water partition coefficient (Wildman–Crippen LogP) is 3.38. The van der Waals surface area contributed by atoms with E-state index >= 15 is 0 Å². The highest BCUT2D eigenvalue weighted by molar-refractivity contribution is 5.60. The Kier molecular flexibility index (Phi) is 3.03. The van der Waals surface area contributed by atoms with Gasteiger partial charge in [-0.05, 0) is 12.1 Å². The molecule has 0 bridgehead atoms. The number of benzene rings is 1. The average Bonchev–Trinajstić information content (AvgIpc) is 2.85. The third kappa shape index (κ3) is 1.85. The van der Waals surface area contributed by atoms with Gasteiger partial charge in [0.15, 0.2) is 5.60 Å². The van der Waals surface area contributed by atoms with E-state index in [4.69, 9.17) is 4.74 Å². The van der Waals surface area contributed by atoms with E-state index in [0.29, 0.717) is 6.07 Å². The Morgan fingerprint density at radius 1 is 1.16 bits per heavy atom. The number of hydrogen-bond donors (Lipinski definition) is 2. The highest BCUT2D eigenvalue weighted by Gasteiger charge is 2.78. The number of halogens is 5. The van der Waals surface area contributed by atoms with Crippen molar-refractivity contribution in [1.82, 2.24) is 4.98 Å². The van der Waals surface area contributed by atoms with Gasteiger partial charge in [-0.1, -0.05) is 0 Å². The van der Waals surface area contributed by atoms with Gasteiger partial charge >= 0.3 is 11.8 Å². The minimum Gasteiger partial charge on any atom is -0.455 e. The molecule has 0 saturated heterocycles. The summed E-state index contributed by atoms with van der Waals surface area (Å²) in [4.78, 5) is 3.55. The third-order valence-electron chi connectivity index (χ3n) is 4.60. The monoisotopic (exact) mass is 359 g/mol. The molecular formula is C16H10F5NO3. The molecule has 2 aliphatic carbocycles. The predicted molar refractivity (Wildman–Crippen MR) is 73.0 cm³/mol. The Balaban J connectivity index is 1.90. The lowest BCUT2D eigenvalue weighted by molar-refractivity contribution is -0.289. The van der Waals surface area contributed by atoms with Crippen molar-refractivity contribution in [2.45, 2.75) is 30.0 Å². The molecule has 132 valence electrons. The lowest BCUT2D eigenvalue weighted by Crippen LogP contribution is -2.48. The lowest BCUT2D eigenvalue weighted by Gasteiger charge is -2.30. The second-order valence-corrected chi connectivity index (χ2v) is 6.07. The van der Waals surface area contributed by atoms with Crippen molar-refractivity contribution >= 4 is 0 Å². The summed E-state index contributed by atoms with van der Waals surface area (Å²) in [6, 6.07) is 2.64. The Bertz CT molecular complexity index is 888. The number of hydrogen-bond acceptors (Lipinski definition) is 4. The Hall–Kier alpha value is -2.26. The van der Waals surface area contributed by atoms with E-state index in [2.05, 4.69) is 4.98 Å². The molecule has 2 atom stereocenters. The van der Waals surface area contributed by atoms with Gasteiger partial charge in [-0.25, -0.2) is 4.39 Å². The van der Waals surface area contributed by atoms with Gasteiger partial charge in [-0.2, -0.15) is 17.6 Å². The second kappa shape index (κ2) is 4.67. The SMILES string of the molecule is OC1CC2(O)c3c(ccc(Oc4cncc(F)c4)c31)C(F)(F)C2(F)F. The van der Waals surface area contributed by atoms with Gasteiger partial charge in [-0.15, -0.1) is 0 Å². The van der Waals surface area contributed by atoms with Gasteiger partial charge in [0.05, 0.1) is 18.5 Å². The van der Waals surface area contributed by atoms with E-state index in [0.717, 1.165) is 24.5 Å². The van der Waals surface area contributed by atoms with Crippen LogP contribution in [-0.4, -0.2) is 21.1 Å². The van der Waals surface area contributed by atoms with Crippen LogP contribution in [0.2, 0.25) is 0 Å². The van der Waals surface area contributed by atoms with Crippen LogP contribution in [0, 0.1) is 5.82 Å². The van der Waals surface area contributed by atoms with Crippen molar-refractivity contribution in [3.63, 3.8) is 0 Å². The molecule has 0 spiro atoms. The zero-order chi connectivity index (χ0) is 18.2. The van der Waals surface area contributed by atoms with Crippen LogP contribution in [0.25, 0.3) is 0 Å². The largest absolute Gasteiger partial charge is 0.455 e. The van der Waals surface area contributed by atoms with Crippen LogP contribution in [0.15, 0.2) is 30.6 Å². The Morgan fingerprint density at radius 2 is 1.88 bits per heavy atom. The maximum atomic E-state index is 14.2. The number of aromatic nitrogens is 1. The molecular weight excluding hydrogens is 349 g/mol. The molecule has 0 radical (unpaired) electrons. The fraction of sp³-hybridized carbons (Fsp3) is 0.312. The molecule has 0 amide bonds. The standard InChI is InChI=1S/C16H10F5NO3/c17-7-3-8(6-22-5-7)25-11-2-1-9-13-12(11)10(23)4-14(13,24)16(20,21)15(9,18)19/h1-3,5-6,10,23-24H,4H2. The maximum absolute atomic E-state index is 14.2. The van der Waals surface area contributed by atoms with Crippen molar-refractivity contribution in [2.24, 2.45) is 0 Å². The van der Waals surface area contributed by atoms with Crippen molar-refractivity contribution in [1.29, 1.82) is 0 Å². The minimum absolute atomic E-state index is 0.115. The quantitative estimate of drug-likeness (QED) is 0.807. The van der Waals surface area contributed by atoms with Gasteiger partial charge in [0, 0.05) is 29.2 Å². The van der Waals surface area contributed by atoms with Gasteiger partial charge < -0.3 is 14.9 Å². The first-order chi connectivity index (χ1) is 11.6. The van der Waals surface area contributed by atoms with Crippen LogP contribution in [0.3, 0.4) is 0 Å². The maximum Gasteiger partial charge on any atom is 0.346 e. The Morgan fingerprint density at radius 3 is 2.56 bits per heavy atom. The fourth-order valence-electron chi connectivity index (χ4n) is 3.50. The van der Waals surface area contributed by atoms with E-state index in [1.165, 1.54) is 0 Å². The molecule has 2 unspecified atom stereocenters. The summed E-state index contributed by atoms with van der Waals surface area (Å²) in [5, 5.41) is 20.3. The Labute approximate surface area is 137 Å². The molecule has 1 aromatic carbocycles. The minimum atomic E-state index is -4.78. The number of rotatable bonds is 2. The smallest absolute Gasteiger partial charge is 0.346 e. The summed E-state index contributed by atoms with van der Waals surface area (Å²) in [7, 11) is 0. The van der Waals surface area contributed by atoms with Crippen LogP contribution in [-0.2, 0) is 11.5 Å². The summed E-state index contributed by atoms with van der Waals surface area (Å²) in [6.45, 7) is 0. The lowest BCUT2D eigenvalue weighted by atomic mass is 9.94. The topological polar surface area (TPSA) is 62.6 Å². The van der Waals surface area contributed by atoms with Gasteiger partial charge in [0.1, 0.15) is 17.3 Å². The third-order valence-corrected chi connectivity index (χ3v) is 4.60. The molecule has 1 heterocycles. The van der Waals surface area contributed by atoms with Crippen molar-refractivity contribution in [3.8, 4) is 11.5 Å². The number of alkyl halides is 4. The summed E-state index contributed by atoms with van der Waals surface area (Å²) in [6.07, 6.45) is -0.610. The summed E-state index contributed by atoms with van der Waals surface area (Å²) >= 11 is 0. The van der Waals surface area contributed by atoms with Crippen LogP contribution < -0.4 is 4.74 Å². The van der Waals surface area contributed by atoms with E-state index in [1.54, 1.807) is 0 Å². The zero-order valence-corrected chi connectivity index (χ0v) is 12.3. The molecule has 2 aromatic rings. The first kappa shape index (κ1) is 16.2.